The van der Waals surface area contributed by atoms with E-state index in [9.17, 15) is 0 Å². The molecule has 0 saturated heterocycles. The van der Waals surface area contributed by atoms with Crippen LogP contribution in [-0.2, 0) is 0 Å². The number of rotatable bonds is 1. The largest absolute Gasteiger partial charge is 0.364 e. The summed E-state index contributed by atoms with van der Waals surface area (Å²) in [6.45, 7) is 1.38. The van der Waals surface area contributed by atoms with Gasteiger partial charge in [0.25, 0.3) is 0 Å². The molecule has 3 heteroatoms. The fraction of sp³-hybridized carbons (Fsp3) is 0. The first-order valence-electron chi connectivity index (χ1n) is 1.89. The normalized spacial score (nSPS) is 9.29. The second-order valence-corrected chi connectivity index (χ2v) is 1.09. The van der Waals surface area contributed by atoms with Gasteiger partial charge in [-0.25, -0.2) is 0 Å². The van der Waals surface area contributed by atoms with Crippen LogP contribution >= 0.6 is 0 Å². The summed E-state index contributed by atoms with van der Waals surface area (Å²) in [6, 6.07) is 1.68. The molecular formula is C4H5N2O. The second-order valence-electron chi connectivity index (χ2n) is 1.09. The summed E-state index contributed by atoms with van der Waals surface area (Å²) in [5, 5.41) is 3.48. The maximum atomic E-state index is 5.05. The Kier molecular flexibility index (Phi) is 1.08. The van der Waals surface area contributed by atoms with E-state index in [0.29, 0.717) is 5.69 Å². The molecule has 1 radical (unpaired) electrons. The number of hydrogen-bond acceptors (Lipinski definition) is 3. The van der Waals surface area contributed by atoms with Crippen molar-refractivity contribution in [2.45, 2.75) is 0 Å². The van der Waals surface area contributed by atoms with Gasteiger partial charge >= 0.3 is 0 Å². The van der Waals surface area contributed by atoms with Crippen molar-refractivity contribution in [3.63, 3.8) is 0 Å². The van der Waals surface area contributed by atoms with Crippen molar-refractivity contribution >= 4 is 0 Å². The molecule has 37 valence electrons. The molecule has 1 aromatic rings. The van der Waals surface area contributed by atoms with Crippen molar-refractivity contribution in [3.05, 3.63) is 24.6 Å². The molecule has 0 amide bonds. The van der Waals surface area contributed by atoms with Gasteiger partial charge in [0.1, 0.15) is 12.0 Å². The van der Waals surface area contributed by atoms with Crippen molar-refractivity contribution in [1.29, 1.82) is 0 Å². The van der Waals surface area contributed by atoms with Crippen molar-refractivity contribution < 1.29 is 4.52 Å². The van der Waals surface area contributed by atoms with Crippen LogP contribution in [0.2, 0.25) is 0 Å². The molecule has 0 spiro atoms. The van der Waals surface area contributed by atoms with Gasteiger partial charge in [-0.1, -0.05) is 5.16 Å². The minimum atomic E-state index is 0.667. The van der Waals surface area contributed by atoms with E-state index in [0.717, 1.165) is 0 Å². The van der Waals surface area contributed by atoms with E-state index < -0.39 is 0 Å². The Morgan fingerprint density at radius 1 is 1.86 bits per heavy atom. The summed E-state index contributed by atoms with van der Waals surface area (Å²) >= 11 is 0. The molecule has 0 aliphatic carbocycles. The lowest BCUT2D eigenvalue weighted by molar-refractivity contribution is 0.416. The van der Waals surface area contributed by atoms with Crippen LogP contribution < -0.4 is 5.73 Å². The molecule has 1 heterocycles. The monoisotopic (exact) mass is 97.0 g/mol. The first kappa shape index (κ1) is 4.33. The number of nitrogens with zero attached hydrogens (tertiary/aromatic N) is 1. The molecule has 0 unspecified atom stereocenters. The van der Waals surface area contributed by atoms with Gasteiger partial charge in [0.2, 0.25) is 0 Å². The Morgan fingerprint density at radius 3 is 3.00 bits per heavy atom. The van der Waals surface area contributed by atoms with Crippen molar-refractivity contribution in [3.8, 4) is 0 Å². The SMILES string of the molecule is N[CH]c1ccon1. The summed E-state index contributed by atoms with van der Waals surface area (Å²) in [5.41, 5.74) is 5.71. The summed E-state index contributed by atoms with van der Waals surface area (Å²) in [7, 11) is 0. The number of nitrogens with two attached hydrogens (primary N) is 1. The van der Waals surface area contributed by atoms with Gasteiger partial charge in [-0.15, -0.1) is 0 Å². The van der Waals surface area contributed by atoms with Gasteiger partial charge in [-0.3, -0.25) is 0 Å². The molecule has 1 rings (SSSR count). The predicted octanol–water partition coefficient (Wildman–Crippen LogP) is 0.143. The summed E-state index contributed by atoms with van der Waals surface area (Å²) < 4.78 is 4.44. The van der Waals surface area contributed by atoms with E-state index in [2.05, 4.69) is 9.68 Å². The van der Waals surface area contributed by atoms with E-state index in [1.807, 2.05) is 0 Å². The van der Waals surface area contributed by atoms with E-state index in [-0.39, 0.29) is 0 Å². The summed E-state index contributed by atoms with van der Waals surface area (Å²) in [5.74, 6) is 0. The highest BCUT2D eigenvalue weighted by Crippen LogP contribution is 1.90. The van der Waals surface area contributed by atoms with Crippen LogP contribution in [0.1, 0.15) is 5.69 Å². The Bertz CT molecular complexity index is 124. The van der Waals surface area contributed by atoms with Gasteiger partial charge in [-0.2, -0.15) is 0 Å². The zero-order valence-electron chi connectivity index (χ0n) is 3.66. The van der Waals surface area contributed by atoms with E-state index in [4.69, 9.17) is 5.73 Å². The first-order valence-corrected chi connectivity index (χ1v) is 1.89. The number of hydrogen-bond donors (Lipinski definition) is 1. The molecule has 2 N–H and O–H groups in total. The van der Waals surface area contributed by atoms with Crippen LogP contribution in [0.4, 0.5) is 0 Å². The minimum Gasteiger partial charge on any atom is -0.364 e. The van der Waals surface area contributed by atoms with Gasteiger partial charge in [0.15, 0.2) is 0 Å². The molecule has 0 aliphatic rings. The van der Waals surface area contributed by atoms with Gasteiger partial charge in [0.05, 0.1) is 6.54 Å². The van der Waals surface area contributed by atoms with Crippen LogP contribution in [-0.4, -0.2) is 5.16 Å². The molecule has 0 aliphatic heterocycles. The standard InChI is InChI=1S/C4H5N2O/c5-3-4-1-2-7-6-4/h1-3H,5H2. The quantitative estimate of drug-likeness (QED) is 0.542. The lowest BCUT2D eigenvalue weighted by atomic mass is 10.5. The highest BCUT2D eigenvalue weighted by Gasteiger charge is 1.87. The van der Waals surface area contributed by atoms with E-state index in [1.165, 1.54) is 12.8 Å². The Labute approximate surface area is 41.1 Å². The molecular weight excluding hydrogens is 92.1 g/mol. The minimum absolute atomic E-state index is 0.667. The zero-order valence-corrected chi connectivity index (χ0v) is 3.66. The van der Waals surface area contributed by atoms with E-state index in [1.54, 1.807) is 6.07 Å². The zero-order chi connectivity index (χ0) is 5.11. The Morgan fingerprint density at radius 2 is 2.71 bits per heavy atom. The average molecular weight is 97.1 g/mol. The maximum Gasteiger partial charge on any atom is 0.124 e. The smallest absolute Gasteiger partial charge is 0.124 e. The third-order valence-electron chi connectivity index (χ3n) is 0.629. The van der Waals surface area contributed by atoms with Gasteiger partial charge in [0, 0.05) is 6.07 Å². The van der Waals surface area contributed by atoms with Crippen LogP contribution in [0.5, 0.6) is 0 Å². The van der Waals surface area contributed by atoms with Gasteiger partial charge in [-0.05, 0) is 0 Å². The molecule has 0 atom stereocenters. The first-order chi connectivity index (χ1) is 3.43. The predicted molar refractivity (Wildman–Crippen MR) is 24.1 cm³/mol. The van der Waals surface area contributed by atoms with Crippen LogP contribution in [0.25, 0.3) is 0 Å². The molecule has 0 fully saturated rings. The summed E-state index contributed by atoms with van der Waals surface area (Å²) in [4.78, 5) is 0. The summed E-state index contributed by atoms with van der Waals surface area (Å²) in [6.07, 6.45) is 1.47. The Hall–Kier alpha value is -0.830. The number of aromatic nitrogens is 1. The molecule has 0 aromatic carbocycles. The van der Waals surface area contributed by atoms with Gasteiger partial charge < -0.3 is 10.3 Å². The van der Waals surface area contributed by atoms with Crippen molar-refractivity contribution in [1.82, 2.24) is 5.16 Å². The highest BCUT2D eigenvalue weighted by molar-refractivity contribution is 5.04. The fourth-order valence-electron chi connectivity index (χ4n) is 0.308. The second kappa shape index (κ2) is 1.75. The van der Waals surface area contributed by atoms with E-state index >= 15 is 0 Å². The molecule has 7 heavy (non-hydrogen) atoms. The molecule has 1 aromatic heterocycles. The lowest BCUT2D eigenvalue weighted by Crippen LogP contribution is -1.90. The maximum absolute atomic E-state index is 5.05. The van der Waals surface area contributed by atoms with Crippen LogP contribution in [0, 0.1) is 6.54 Å². The lowest BCUT2D eigenvalue weighted by Gasteiger charge is -1.74. The van der Waals surface area contributed by atoms with Crippen molar-refractivity contribution in [2.75, 3.05) is 0 Å². The molecule has 3 nitrogen and oxygen atoms in total. The van der Waals surface area contributed by atoms with Crippen molar-refractivity contribution in [2.24, 2.45) is 5.73 Å². The molecule has 0 saturated carbocycles. The van der Waals surface area contributed by atoms with Crippen LogP contribution in [0.15, 0.2) is 16.9 Å². The highest BCUT2D eigenvalue weighted by atomic mass is 16.5. The third-order valence-corrected chi connectivity index (χ3v) is 0.629. The average Bonchev–Trinajstić information content (AvgIpc) is 2.14. The Balaban J connectivity index is 2.76. The molecule has 0 bridgehead atoms. The fourth-order valence-corrected chi connectivity index (χ4v) is 0.308. The van der Waals surface area contributed by atoms with Crippen LogP contribution in [0.3, 0.4) is 0 Å². The topological polar surface area (TPSA) is 52.0 Å². The third kappa shape index (κ3) is 0.778.